The first-order valence-corrected chi connectivity index (χ1v) is 12.9. The highest BCUT2D eigenvalue weighted by Crippen LogP contribution is 2.30. The van der Waals surface area contributed by atoms with Crippen molar-refractivity contribution in [3.05, 3.63) is 108 Å². The summed E-state index contributed by atoms with van der Waals surface area (Å²) in [5, 5.41) is 3.13. The predicted molar refractivity (Wildman–Crippen MR) is 141 cm³/mol. The molecule has 0 aliphatic rings. The minimum absolute atomic E-state index is 0.0445. The van der Waals surface area contributed by atoms with Crippen LogP contribution in [-0.2, 0) is 10.0 Å². The van der Waals surface area contributed by atoms with Gasteiger partial charge in [-0.1, -0.05) is 35.9 Å². The van der Waals surface area contributed by atoms with Crippen LogP contribution in [-0.4, -0.2) is 20.9 Å². The molecule has 7 nitrogen and oxygen atoms in total. The summed E-state index contributed by atoms with van der Waals surface area (Å²) in [7, 11) is -3.97. The summed E-state index contributed by atoms with van der Waals surface area (Å²) in [5.74, 6) is 1.13. The number of ether oxygens (including phenoxy) is 2. The first-order chi connectivity index (χ1) is 17.3. The van der Waals surface area contributed by atoms with Gasteiger partial charge in [0.05, 0.1) is 17.2 Å². The van der Waals surface area contributed by atoms with Crippen molar-refractivity contribution in [3.8, 4) is 17.2 Å². The van der Waals surface area contributed by atoms with Crippen molar-refractivity contribution in [1.29, 1.82) is 0 Å². The van der Waals surface area contributed by atoms with Gasteiger partial charge < -0.3 is 14.8 Å². The van der Waals surface area contributed by atoms with E-state index in [1.807, 2.05) is 30.3 Å². The van der Waals surface area contributed by atoms with Crippen LogP contribution >= 0.6 is 11.6 Å². The fourth-order valence-corrected chi connectivity index (χ4v) is 4.58. The number of halogens is 1. The van der Waals surface area contributed by atoms with Gasteiger partial charge in [0.1, 0.15) is 17.2 Å². The average molecular weight is 523 g/mol. The highest BCUT2D eigenvalue weighted by atomic mass is 35.5. The van der Waals surface area contributed by atoms with Gasteiger partial charge in [-0.25, -0.2) is 8.42 Å². The normalized spacial score (nSPS) is 10.9. The molecule has 0 aliphatic heterocycles. The van der Waals surface area contributed by atoms with E-state index in [4.69, 9.17) is 21.1 Å². The number of nitrogens with one attached hydrogen (secondary N) is 2. The fraction of sp³-hybridized carbons (Fsp3) is 0.0741. The van der Waals surface area contributed by atoms with Crippen molar-refractivity contribution in [2.75, 3.05) is 16.6 Å². The van der Waals surface area contributed by atoms with Gasteiger partial charge >= 0.3 is 0 Å². The first kappa shape index (κ1) is 25.1. The molecule has 4 aromatic rings. The Labute approximate surface area is 214 Å². The van der Waals surface area contributed by atoms with Crippen LogP contribution in [0.5, 0.6) is 17.2 Å². The third-order valence-corrected chi connectivity index (χ3v) is 6.60. The van der Waals surface area contributed by atoms with E-state index in [0.717, 1.165) is 0 Å². The minimum Gasteiger partial charge on any atom is -0.492 e. The molecule has 0 aromatic heterocycles. The van der Waals surface area contributed by atoms with Crippen molar-refractivity contribution in [2.45, 2.75) is 11.8 Å². The van der Waals surface area contributed by atoms with Crippen molar-refractivity contribution < 1.29 is 22.7 Å². The Kier molecular flexibility index (Phi) is 7.77. The van der Waals surface area contributed by atoms with Crippen molar-refractivity contribution in [2.24, 2.45) is 0 Å². The number of carbonyl (C=O) groups excluding carboxylic acids is 1. The summed E-state index contributed by atoms with van der Waals surface area (Å²) < 4.78 is 40.0. The molecule has 0 bridgehead atoms. The van der Waals surface area contributed by atoms with Crippen LogP contribution in [0.2, 0.25) is 5.02 Å². The lowest BCUT2D eigenvalue weighted by Crippen LogP contribution is -2.16. The second-order valence-corrected chi connectivity index (χ2v) is 9.72. The summed E-state index contributed by atoms with van der Waals surface area (Å²) in [5.41, 5.74) is 0.902. The molecule has 36 heavy (non-hydrogen) atoms. The van der Waals surface area contributed by atoms with Crippen LogP contribution < -0.4 is 19.5 Å². The van der Waals surface area contributed by atoms with E-state index < -0.39 is 15.9 Å². The molecule has 9 heteroatoms. The van der Waals surface area contributed by atoms with Gasteiger partial charge in [-0.3, -0.25) is 9.52 Å². The molecule has 0 spiro atoms. The van der Waals surface area contributed by atoms with E-state index >= 15 is 0 Å². The number of anilines is 2. The Hall–Kier alpha value is -4.01. The van der Waals surface area contributed by atoms with E-state index in [-0.39, 0.29) is 10.6 Å². The molecule has 4 aromatic carbocycles. The molecular weight excluding hydrogens is 500 g/mol. The van der Waals surface area contributed by atoms with E-state index in [1.165, 1.54) is 24.3 Å². The molecule has 0 saturated carbocycles. The zero-order valence-electron chi connectivity index (χ0n) is 19.3. The van der Waals surface area contributed by atoms with E-state index in [1.54, 1.807) is 49.4 Å². The summed E-state index contributed by atoms with van der Waals surface area (Å²) >= 11 is 5.99. The predicted octanol–water partition coefficient (Wildman–Crippen LogP) is 6.58. The van der Waals surface area contributed by atoms with Crippen molar-refractivity contribution >= 4 is 38.9 Å². The number of hydrogen-bond acceptors (Lipinski definition) is 5. The molecule has 4 rings (SSSR count). The summed E-state index contributed by atoms with van der Waals surface area (Å²) in [6, 6.07) is 26.5. The zero-order valence-corrected chi connectivity index (χ0v) is 20.8. The fourth-order valence-electron chi connectivity index (χ4n) is 3.31. The smallest absolute Gasteiger partial charge is 0.261 e. The topological polar surface area (TPSA) is 93.7 Å². The van der Waals surface area contributed by atoms with Crippen LogP contribution in [0.4, 0.5) is 11.4 Å². The van der Waals surface area contributed by atoms with Gasteiger partial charge in [0.15, 0.2) is 0 Å². The van der Waals surface area contributed by atoms with E-state index in [0.29, 0.717) is 40.1 Å². The molecule has 2 N–H and O–H groups in total. The highest BCUT2D eigenvalue weighted by Gasteiger charge is 2.19. The monoisotopic (exact) mass is 522 g/mol. The van der Waals surface area contributed by atoms with E-state index in [9.17, 15) is 13.2 Å². The molecular formula is C27H23ClN2O5S. The molecule has 0 unspecified atom stereocenters. The lowest BCUT2D eigenvalue weighted by molar-refractivity contribution is 0.102. The number of sulfonamides is 1. The van der Waals surface area contributed by atoms with Crippen LogP contribution in [0.25, 0.3) is 0 Å². The van der Waals surface area contributed by atoms with Gasteiger partial charge in [0.25, 0.3) is 15.9 Å². The maximum absolute atomic E-state index is 13.1. The Bertz CT molecular complexity index is 1460. The van der Waals surface area contributed by atoms with Crippen molar-refractivity contribution in [1.82, 2.24) is 0 Å². The van der Waals surface area contributed by atoms with Gasteiger partial charge in [-0.05, 0) is 79.7 Å². The lowest BCUT2D eigenvalue weighted by atomic mass is 10.2. The molecule has 0 fully saturated rings. The quantitative estimate of drug-likeness (QED) is 0.259. The van der Waals surface area contributed by atoms with Gasteiger partial charge in [-0.2, -0.15) is 0 Å². The summed E-state index contributed by atoms with van der Waals surface area (Å²) in [6.45, 7) is 2.13. The number of carbonyl (C=O) groups is 1. The SMILES string of the molecule is CCOc1ccc(S(=O)(=O)Nc2ccc(Oc3ccccc3)cc2)cc1NC(=O)c1cccc(Cl)c1. The van der Waals surface area contributed by atoms with Crippen LogP contribution in [0.15, 0.2) is 102 Å². The average Bonchev–Trinajstić information content (AvgIpc) is 2.87. The maximum Gasteiger partial charge on any atom is 0.261 e. The van der Waals surface area contributed by atoms with E-state index in [2.05, 4.69) is 10.0 Å². The summed E-state index contributed by atoms with van der Waals surface area (Å²) in [6.07, 6.45) is 0. The number of para-hydroxylation sites is 1. The van der Waals surface area contributed by atoms with Crippen LogP contribution in [0.1, 0.15) is 17.3 Å². The molecule has 0 saturated heterocycles. The minimum atomic E-state index is -3.97. The number of rotatable bonds is 9. The molecule has 0 heterocycles. The number of benzene rings is 4. The number of hydrogen-bond donors (Lipinski definition) is 2. The second-order valence-electron chi connectivity index (χ2n) is 7.60. The third kappa shape index (κ3) is 6.35. The van der Waals surface area contributed by atoms with Gasteiger partial charge in [0, 0.05) is 16.3 Å². The zero-order chi connectivity index (χ0) is 25.5. The molecule has 0 atom stereocenters. The Morgan fingerprint density at radius 2 is 1.58 bits per heavy atom. The van der Waals surface area contributed by atoms with Crippen molar-refractivity contribution in [3.63, 3.8) is 0 Å². The highest BCUT2D eigenvalue weighted by molar-refractivity contribution is 7.92. The first-order valence-electron chi connectivity index (χ1n) is 11.0. The Morgan fingerprint density at radius 1 is 0.861 bits per heavy atom. The third-order valence-electron chi connectivity index (χ3n) is 4.98. The summed E-state index contributed by atoms with van der Waals surface area (Å²) in [4.78, 5) is 12.7. The van der Waals surface area contributed by atoms with Crippen LogP contribution in [0, 0.1) is 0 Å². The standard InChI is InChI=1S/C27H23ClN2O5S/c1-2-34-26-16-15-24(18-25(26)29-27(31)19-7-6-8-20(28)17-19)36(32,33)30-21-11-13-23(14-12-21)35-22-9-4-3-5-10-22/h3-18,30H,2H2,1H3,(H,29,31). The van der Waals surface area contributed by atoms with Gasteiger partial charge in [-0.15, -0.1) is 0 Å². The largest absolute Gasteiger partial charge is 0.492 e. The lowest BCUT2D eigenvalue weighted by Gasteiger charge is -2.15. The molecule has 184 valence electrons. The van der Waals surface area contributed by atoms with Gasteiger partial charge in [0.2, 0.25) is 0 Å². The Balaban J connectivity index is 1.53. The van der Waals surface area contributed by atoms with Crippen LogP contribution in [0.3, 0.4) is 0 Å². The molecule has 0 aliphatic carbocycles. The Morgan fingerprint density at radius 3 is 2.28 bits per heavy atom. The molecule has 0 radical (unpaired) electrons. The number of amides is 1. The maximum atomic E-state index is 13.1. The second kappa shape index (κ2) is 11.2. The molecule has 1 amide bonds.